The average Bonchev–Trinajstić information content (AvgIpc) is 2.87. The van der Waals surface area contributed by atoms with Crippen LogP contribution in [0.2, 0.25) is 15.1 Å². The molecule has 0 atom stereocenters. The molecule has 0 unspecified atom stereocenters. The molecule has 4 aromatic carbocycles. The minimum atomic E-state index is -4.19. The highest BCUT2D eigenvalue weighted by Gasteiger charge is 2.29. The summed E-state index contributed by atoms with van der Waals surface area (Å²) < 4.78 is 34.1. The Bertz CT molecular complexity index is 1530. The number of halogens is 3. The summed E-state index contributed by atoms with van der Waals surface area (Å²) in [5.74, 6) is 0.235. The number of rotatable bonds is 8. The molecule has 0 fully saturated rings. The van der Waals surface area contributed by atoms with Gasteiger partial charge in [-0.1, -0.05) is 76.8 Å². The van der Waals surface area contributed by atoms with Crippen LogP contribution in [0, 0.1) is 6.92 Å². The Morgan fingerprint density at radius 1 is 0.892 bits per heavy atom. The van der Waals surface area contributed by atoms with Crippen molar-refractivity contribution in [2.24, 2.45) is 0 Å². The van der Waals surface area contributed by atoms with Gasteiger partial charge in [0.05, 0.1) is 26.3 Å². The normalized spacial score (nSPS) is 11.1. The summed E-state index contributed by atoms with van der Waals surface area (Å²) in [5.41, 5.74) is 1.22. The van der Waals surface area contributed by atoms with Gasteiger partial charge in [0.1, 0.15) is 12.3 Å². The van der Waals surface area contributed by atoms with Gasteiger partial charge < -0.3 is 10.1 Å². The van der Waals surface area contributed by atoms with Crippen molar-refractivity contribution in [1.82, 2.24) is 0 Å². The summed E-state index contributed by atoms with van der Waals surface area (Å²) in [5, 5.41) is 3.22. The molecule has 0 aliphatic carbocycles. The molecule has 4 aromatic rings. The topological polar surface area (TPSA) is 75.7 Å². The summed E-state index contributed by atoms with van der Waals surface area (Å²) in [6.45, 7) is 1.25. The van der Waals surface area contributed by atoms with E-state index in [0.29, 0.717) is 16.5 Å². The number of nitrogens with one attached hydrogen (secondary N) is 1. The lowest BCUT2D eigenvalue weighted by Gasteiger charge is -2.25. The van der Waals surface area contributed by atoms with Crippen LogP contribution in [-0.2, 0) is 14.8 Å². The summed E-state index contributed by atoms with van der Waals surface area (Å²) in [7, 11) is -4.19. The number of carbonyl (C=O) groups excluding carboxylic acids is 1. The van der Waals surface area contributed by atoms with Crippen LogP contribution in [0.15, 0.2) is 95.9 Å². The Hall–Kier alpha value is -3.23. The molecule has 0 saturated carbocycles. The Labute approximate surface area is 230 Å². The monoisotopic (exact) mass is 574 g/mol. The molecule has 0 aromatic heterocycles. The number of anilines is 2. The fraction of sp³-hybridized carbons (Fsp3) is 0.0741. The van der Waals surface area contributed by atoms with Crippen molar-refractivity contribution in [2.45, 2.75) is 11.8 Å². The van der Waals surface area contributed by atoms with Crippen LogP contribution in [0.3, 0.4) is 0 Å². The molecule has 10 heteroatoms. The molecule has 1 amide bonds. The first-order valence-electron chi connectivity index (χ1n) is 11.0. The molecule has 1 N–H and O–H groups in total. The molecular weight excluding hydrogens is 555 g/mol. The first kappa shape index (κ1) is 26.8. The minimum Gasteiger partial charge on any atom is -0.455 e. The zero-order valence-corrected chi connectivity index (χ0v) is 22.6. The Balaban J connectivity index is 1.68. The number of hydrogen-bond acceptors (Lipinski definition) is 4. The van der Waals surface area contributed by atoms with Crippen LogP contribution < -0.4 is 14.4 Å². The maximum Gasteiger partial charge on any atom is 0.264 e. The maximum atomic E-state index is 13.7. The number of ether oxygens (including phenoxy) is 1. The second-order valence-electron chi connectivity index (χ2n) is 8.00. The first-order valence-corrected chi connectivity index (χ1v) is 13.6. The van der Waals surface area contributed by atoms with E-state index in [1.165, 1.54) is 30.3 Å². The number of aryl methyl sites for hydroxylation is 1. The van der Waals surface area contributed by atoms with Crippen molar-refractivity contribution in [3.63, 3.8) is 0 Å². The fourth-order valence-electron chi connectivity index (χ4n) is 3.45. The van der Waals surface area contributed by atoms with Gasteiger partial charge >= 0.3 is 0 Å². The summed E-state index contributed by atoms with van der Waals surface area (Å²) in [4.78, 5) is 13.2. The lowest BCUT2D eigenvalue weighted by atomic mass is 10.2. The van der Waals surface area contributed by atoms with E-state index in [4.69, 9.17) is 39.5 Å². The number of hydrogen-bond donors (Lipinski definition) is 1. The maximum absolute atomic E-state index is 13.7. The summed E-state index contributed by atoms with van der Waals surface area (Å²) in [6.07, 6.45) is 0. The van der Waals surface area contributed by atoms with Crippen molar-refractivity contribution >= 4 is 62.1 Å². The lowest BCUT2D eigenvalue weighted by molar-refractivity contribution is -0.114. The van der Waals surface area contributed by atoms with Gasteiger partial charge in [-0.2, -0.15) is 0 Å². The van der Waals surface area contributed by atoms with Gasteiger partial charge in [0.15, 0.2) is 5.75 Å². The Morgan fingerprint density at radius 2 is 1.59 bits per heavy atom. The molecule has 0 radical (unpaired) electrons. The van der Waals surface area contributed by atoms with E-state index in [1.807, 2.05) is 25.1 Å². The second kappa shape index (κ2) is 11.4. The molecule has 37 heavy (non-hydrogen) atoms. The van der Waals surface area contributed by atoms with Crippen molar-refractivity contribution in [3.05, 3.63) is 112 Å². The number of para-hydroxylation sites is 1. The predicted molar refractivity (Wildman–Crippen MR) is 149 cm³/mol. The first-order chi connectivity index (χ1) is 17.6. The van der Waals surface area contributed by atoms with Gasteiger partial charge in [0.25, 0.3) is 10.0 Å². The van der Waals surface area contributed by atoms with E-state index in [-0.39, 0.29) is 26.3 Å². The molecule has 0 heterocycles. The molecule has 6 nitrogen and oxygen atoms in total. The smallest absolute Gasteiger partial charge is 0.264 e. The molecule has 0 aliphatic heterocycles. The van der Waals surface area contributed by atoms with Crippen LogP contribution in [0.25, 0.3) is 0 Å². The van der Waals surface area contributed by atoms with E-state index in [2.05, 4.69) is 5.32 Å². The third-order valence-corrected chi connectivity index (χ3v) is 8.10. The van der Waals surface area contributed by atoms with Crippen molar-refractivity contribution < 1.29 is 17.9 Å². The molecule has 190 valence electrons. The highest BCUT2D eigenvalue weighted by molar-refractivity contribution is 7.92. The van der Waals surface area contributed by atoms with Crippen LogP contribution in [0.5, 0.6) is 11.5 Å². The molecule has 0 spiro atoms. The minimum absolute atomic E-state index is 0.00204. The van der Waals surface area contributed by atoms with Gasteiger partial charge in [-0.15, -0.1) is 0 Å². The number of nitrogens with zero attached hydrogens (tertiary/aromatic N) is 1. The fourth-order valence-corrected chi connectivity index (χ4v) is 5.50. The average molecular weight is 576 g/mol. The predicted octanol–water partition coefficient (Wildman–Crippen LogP) is 7.58. The quantitative estimate of drug-likeness (QED) is 0.235. The number of carbonyl (C=O) groups is 1. The van der Waals surface area contributed by atoms with Crippen molar-refractivity contribution in [1.29, 1.82) is 0 Å². The molecule has 4 rings (SSSR count). The van der Waals surface area contributed by atoms with Gasteiger partial charge in [0, 0.05) is 5.02 Å². The van der Waals surface area contributed by atoms with Gasteiger partial charge in [-0.05, 0) is 61.5 Å². The summed E-state index contributed by atoms with van der Waals surface area (Å²) in [6, 6.07) is 24.6. The molecular formula is C27H21Cl3N2O4S. The van der Waals surface area contributed by atoms with Crippen LogP contribution in [0.1, 0.15) is 5.56 Å². The number of amides is 1. The van der Waals surface area contributed by atoms with Crippen molar-refractivity contribution in [3.8, 4) is 11.5 Å². The van der Waals surface area contributed by atoms with E-state index >= 15 is 0 Å². The highest BCUT2D eigenvalue weighted by atomic mass is 35.5. The van der Waals surface area contributed by atoms with E-state index < -0.39 is 22.5 Å². The van der Waals surface area contributed by atoms with E-state index in [0.717, 1.165) is 9.87 Å². The third-order valence-electron chi connectivity index (χ3n) is 5.28. The Morgan fingerprint density at radius 3 is 2.30 bits per heavy atom. The van der Waals surface area contributed by atoms with E-state index in [9.17, 15) is 13.2 Å². The zero-order chi connectivity index (χ0) is 26.6. The molecule has 0 bridgehead atoms. The molecule has 0 saturated heterocycles. The van der Waals surface area contributed by atoms with Gasteiger partial charge in [-0.3, -0.25) is 9.10 Å². The third kappa shape index (κ3) is 6.37. The molecule has 0 aliphatic rings. The highest BCUT2D eigenvalue weighted by Crippen LogP contribution is 2.36. The number of sulfonamides is 1. The standard InChI is InChI=1S/C27H21Cl3N2O4S/c1-18-10-13-21(14-11-18)37(34,35)32(24-9-5-8-22(29)27(24)30)17-26(33)31-23-16-19(28)12-15-25(23)36-20-6-3-2-4-7-20/h2-16H,17H2,1H3,(H,31,33). The van der Waals surface area contributed by atoms with E-state index in [1.54, 1.807) is 42.5 Å². The lowest BCUT2D eigenvalue weighted by Crippen LogP contribution is -2.38. The Kier molecular flexibility index (Phi) is 8.29. The second-order valence-corrected chi connectivity index (χ2v) is 11.1. The SMILES string of the molecule is Cc1ccc(S(=O)(=O)N(CC(=O)Nc2cc(Cl)ccc2Oc2ccccc2)c2cccc(Cl)c2Cl)cc1. The van der Waals surface area contributed by atoms with Crippen LogP contribution in [0.4, 0.5) is 11.4 Å². The number of benzene rings is 4. The summed E-state index contributed by atoms with van der Waals surface area (Å²) >= 11 is 18.7. The van der Waals surface area contributed by atoms with Crippen molar-refractivity contribution in [2.75, 3.05) is 16.2 Å². The zero-order valence-electron chi connectivity index (χ0n) is 19.5. The van der Waals surface area contributed by atoms with Gasteiger partial charge in [-0.25, -0.2) is 8.42 Å². The van der Waals surface area contributed by atoms with Gasteiger partial charge in [0.2, 0.25) is 5.91 Å². The largest absolute Gasteiger partial charge is 0.455 e. The van der Waals surface area contributed by atoms with Crippen LogP contribution in [-0.4, -0.2) is 20.9 Å². The van der Waals surface area contributed by atoms with Crippen LogP contribution >= 0.6 is 34.8 Å².